The lowest BCUT2D eigenvalue weighted by Crippen LogP contribution is -2.41. The molecular formula is C16H18N4O5. The molecule has 9 heteroatoms. The molecule has 1 aromatic heterocycles. The second kappa shape index (κ2) is 8.04. The topological polar surface area (TPSA) is 130 Å². The number of fused-ring (bicyclic) bond motifs is 1. The summed E-state index contributed by atoms with van der Waals surface area (Å²) >= 11 is 0. The molecule has 0 fully saturated rings. The predicted molar refractivity (Wildman–Crippen MR) is 88.9 cm³/mol. The van der Waals surface area contributed by atoms with Crippen molar-refractivity contribution in [2.45, 2.75) is 19.9 Å². The average molecular weight is 346 g/mol. The first-order chi connectivity index (χ1) is 11.9. The van der Waals surface area contributed by atoms with Gasteiger partial charge in [0.1, 0.15) is 0 Å². The Kier molecular flexibility index (Phi) is 5.83. The predicted octanol–water partition coefficient (Wildman–Crippen LogP) is -0.279. The molecule has 0 atom stereocenters. The largest absolute Gasteiger partial charge is 0.451 e. The van der Waals surface area contributed by atoms with Crippen LogP contribution in [0.2, 0.25) is 0 Å². The molecule has 0 bridgehead atoms. The third-order valence-electron chi connectivity index (χ3n) is 3.12. The third kappa shape index (κ3) is 4.87. The molecule has 25 heavy (non-hydrogen) atoms. The zero-order chi connectivity index (χ0) is 18.4. The van der Waals surface area contributed by atoms with E-state index in [1.807, 2.05) is 0 Å². The molecule has 2 rings (SSSR count). The van der Waals surface area contributed by atoms with E-state index in [9.17, 15) is 19.2 Å². The maximum absolute atomic E-state index is 12.1. The molecule has 0 aliphatic heterocycles. The summed E-state index contributed by atoms with van der Waals surface area (Å²) in [6, 6.07) is 6.38. The molecule has 0 aliphatic rings. The van der Waals surface area contributed by atoms with Crippen LogP contribution in [0, 0.1) is 0 Å². The summed E-state index contributed by atoms with van der Waals surface area (Å²) in [7, 11) is 0. The fourth-order valence-corrected chi connectivity index (χ4v) is 2.07. The Bertz CT molecular complexity index is 859. The monoisotopic (exact) mass is 346 g/mol. The molecule has 9 nitrogen and oxygen atoms in total. The first kappa shape index (κ1) is 18.1. The van der Waals surface area contributed by atoms with E-state index in [1.165, 1.54) is 0 Å². The molecule has 1 aromatic carbocycles. The van der Waals surface area contributed by atoms with E-state index in [1.54, 1.807) is 38.1 Å². The summed E-state index contributed by atoms with van der Waals surface area (Å²) in [5.41, 5.74) is -0.526. The molecule has 0 aliphatic carbocycles. The Morgan fingerprint density at radius 1 is 1.16 bits per heavy atom. The van der Waals surface area contributed by atoms with Gasteiger partial charge in [0.2, 0.25) is 5.91 Å². The third-order valence-corrected chi connectivity index (χ3v) is 3.12. The number of amides is 2. The summed E-state index contributed by atoms with van der Waals surface area (Å²) in [5, 5.41) is 11.5. The normalized spacial score (nSPS) is 10.5. The molecule has 2 aromatic rings. The van der Waals surface area contributed by atoms with Crippen LogP contribution in [0.1, 0.15) is 24.3 Å². The van der Waals surface area contributed by atoms with Crippen LogP contribution >= 0.6 is 0 Å². The molecule has 0 spiro atoms. The van der Waals surface area contributed by atoms with Crippen molar-refractivity contribution >= 4 is 28.6 Å². The van der Waals surface area contributed by atoms with Gasteiger partial charge in [-0.15, -0.1) is 0 Å². The summed E-state index contributed by atoms with van der Waals surface area (Å²) in [6.45, 7) is 2.81. The Balaban J connectivity index is 1.95. The minimum atomic E-state index is -0.853. The second-order valence-corrected chi connectivity index (χ2v) is 5.52. The van der Waals surface area contributed by atoms with E-state index >= 15 is 0 Å². The van der Waals surface area contributed by atoms with Gasteiger partial charge < -0.3 is 15.4 Å². The highest BCUT2D eigenvalue weighted by molar-refractivity contribution is 6.02. The number of ether oxygens (including phenoxy) is 1. The smallest absolute Gasteiger partial charge is 0.359 e. The molecule has 3 N–H and O–H groups in total. The van der Waals surface area contributed by atoms with Crippen molar-refractivity contribution in [1.82, 2.24) is 20.8 Å². The maximum atomic E-state index is 12.1. The summed E-state index contributed by atoms with van der Waals surface area (Å²) in [5.74, 6) is -1.82. The minimum Gasteiger partial charge on any atom is -0.451 e. The van der Waals surface area contributed by atoms with Gasteiger partial charge in [0.05, 0.1) is 11.9 Å². The van der Waals surface area contributed by atoms with Gasteiger partial charge in [-0.3, -0.25) is 14.4 Å². The number of carbonyl (C=O) groups excluding carboxylic acids is 3. The molecule has 0 radical (unpaired) electrons. The minimum absolute atomic E-state index is 0.0400. The van der Waals surface area contributed by atoms with Crippen molar-refractivity contribution in [1.29, 1.82) is 0 Å². The Hall–Kier alpha value is -3.23. The molecule has 0 unspecified atom stereocenters. The van der Waals surface area contributed by atoms with Crippen LogP contribution in [-0.4, -0.2) is 47.2 Å². The lowest BCUT2D eigenvalue weighted by Gasteiger charge is -2.09. The highest BCUT2D eigenvalue weighted by Crippen LogP contribution is 2.13. The Labute approximate surface area is 142 Å². The average Bonchev–Trinajstić information content (AvgIpc) is 2.58. The number of benzene rings is 1. The number of hydrogen-bond acceptors (Lipinski definition) is 6. The molecule has 1 heterocycles. The zero-order valence-electron chi connectivity index (χ0n) is 13.8. The number of nitrogens with zero attached hydrogens (tertiary/aromatic N) is 1. The fourth-order valence-electron chi connectivity index (χ4n) is 2.07. The zero-order valence-corrected chi connectivity index (χ0v) is 13.8. The van der Waals surface area contributed by atoms with E-state index in [-0.39, 0.29) is 24.2 Å². The van der Waals surface area contributed by atoms with E-state index in [0.717, 1.165) is 0 Å². The Morgan fingerprint density at radius 2 is 1.84 bits per heavy atom. The van der Waals surface area contributed by atoms with Crippen LogP contribution in [0.3, 0.4) is 0 Å². The molecule has 132 valence electrons. The van der Waals surface area contributed by atoms with Crippen molar-refractivity contribution in [2.24, 2.45) is 0 Å². The van der Waals surface area contributed by atoms with Crippen molar-refractivity contribution in [2.75, 3.05) is 13.2 Å². The fraction of sp³-hybridized carbons (Fsp3) is 0.312. The van der Waals surface area contributed by atoms with Gasteiger partial charge >= 0.3 is 5.97 Å². The van der Waals surface area contributed by atoms with Crippen LogP contribution in [-0.2, 0) is 14.3 Å². The van der Waals surface area contributed by atoms with Gasteiger partial charge in [-0.25, -0.2) is 9.89 Å². The van der Waals surface area contributed by atoms with Gasteiger partial charge in [0.25, 0.3) is 11.5 Å². The van der Waals surface area contributed by atoms with Gasteiger partial charge in [-0.1, -0.05) is 18.2 Å². The van der Waals surface area contributed by atoms with Crippen molar-refractivity contribution in [3.63, 3.8) is 0 Å². The number of hydrogen-bond donors (Lipinski definition) is 3. The summed E-state index contributed by atoms with van der Waals surface area (Å²) < 4.78 is 4.88. The molecule has 0 saturated carbocycles. The second-order valence-electron chi connectivity index (χ2n) is 5.52. The van der Waals surface area contributed by atoms with Gasteiger partial charge in [0.15, 0.2) is 12.3 Å². The SMILES string of the molecule is CC(C)NC(=O)CNC(=O)COC(=O)c1n[nH]c(=O)c2ccccc12. The van der Waals surface area contributed by atoms with Crippen LogP contribution in [0.25, 0.3) is 10.8 Å². The van der Waals surface area contributed by atoms with Crippen LogP contribution in [0.5, 0.6) is 0 Å². The van der Waals surface area contributed by atoms with E-state index in [0.29, 0.717) is 10.8 Å². The maximum Gasteiger partial charge on any atom is 0.359 e. The van der Waals surface area contributed by atoms with E-state index in [2.05, 4.69) is 20.8 Å². The lowest BCUT2D eigenvalue weighted by molar-refractivity contribution is -0.128. The van der Waals surface area contributed by atoms with E-state index < -0.39 is 24.0 Å². The van der Waals surface area contributed by atoms with Crippen LogP contribution in [0.15, 0.2) is 29.1 Å². The number of esters is 1. The van der Waals surface area contributed by atoms with Crippen LogP contribution in [0.4, 0.5) is 0 Å². The van der Waals surface area contributed by atoms with Crippen molar-refractivity contribution < 1.29 is 19.1 Å². The number of aromatic amines is 1. The number of nitrogens with one attached hydrogen (secondary N) is 3. The summed E-state index contributed by atoms with van der Waals surface area (Å²) in [4.78, 5) is 46.8. The van der Waals surface area contributed by atoms with Crippen LogP contribution < -0.4 is 16.2 Å². The quantitative estimate of drug-likeness (QED) is 0.617. The van der Waals surface area contributed by atoms with Crippen molar-refractivity contribution in [3.05, 3.63) is 40.3 Å². The lowest BCUT2D eigenvalue weighted by atomic mass is 10.1. The molecule has 0 saturated heterocycles. The number of aromatic nitrogens is 2. The molecule has 2 amide bonds. The number of H-pyrrole nitrogens is 1. The summed E-state index contributed by atoms with van der Waals surface area (Å²) in [6.07, 6.45) is 0. The highest BCUT2D eigenvalue weighted by atomic mass is 16.5. The van der Waals surface area contributed by atoms with Gasteiger partial charge in [0, 0.05) is 11.4 Å². The molecular weight excluding hydrogens is 328 g/mol. The van der Waals surface area contributed by atoms with Gasteiger partial charge in [-0.05, 0) is 19.9 Å². The standard InChI is InChI=1S/C16H18N4O5/c1-9(2)18-12(21)7-17-13(22)8-25-16(24)14-10-5-3-4-6-11(10)15(23)20-19-14/h3-6,9H,7-8H2,1-2H3,(H,17,22)(H,18,21)(H,20,23). The first-order valence-electron chi connectivity index (χ1n) is 7.59. The highest BCUT2D eigenvalue weighted by Gasteiger charge is 2.17. The number of carbonyl (C=O) groups is 3. The van der Waals surface area contributed by atoms with E-state index in [4.69, 9.17) is 4.74 Å². The first-order valence-corrected chi connectivity index (χ1v) is 7.59. The Morgan fingerprint density at radius 3 is 2.52 bits per heavy atom. The van der Waals surface area contributed by atoms with Gasteiger partial charge in [-0.2, -0.15) is 5.10 Å². The van der Waals surface area contributed by atoms with Crippen molar-refractivity contribution in [3.8, 4) is 0 Å². The number of rotatable bonds is 6.